The predicted molar refractivity (Wildman–Crippen MR) is 88.6 cm³/mol. The normalized spacial score (nSPS) is 12.1. The van der Waals surface area contributed by atoms with Gasteiger partial charge in [0.05, 0.1) is 0 Å². The molecular formula is C16H14Cl2O2S. The quantitative estimate of drug-likeness (QED) is 0.770. The Labute approximate surface area is 138 Å². The second kappa shape index (κ2) is 7.21. The molecule has 2 rings (SSSR count). The van der Waals surface area contributed by atoms with E-state index in [9.17, 15) is 9.90 Å². The first-order valence-electron chi connectivity index (χ1n) is 6.35. The fourth-order valence-electron chi connectivity index (χ4n) is 1.90. The third-order valence-electron chi connectivity index (χ3n) is 2.92. The van der Waals surface area contributed by atoms with Gasteiger partial charge in [-0.25, -0.2) is 0 Å². The maximum Gasteiger partial charge on any atom is 0.317 e. The lowest BCUT2D eigenvalue weighted by Gasteiger charge is -2.13. The SMILES string of the molecule is Cc1ccc(SC(Cc2cc(Cl)cc(Cl)c2)C(=O)O)cc1. The van der Waals surface area contributed by atoms with Crippen molar-refractivity contribution in [1.29, 1.82) is 0 Å². The van der Waals surface area contributed by atoms with Crippen molar-refractivity contribution in [3.63, 3.8) is 0 Å². The van der Waals surface area contributed by atoms with Gasteiger partial charge >= 0.3 is 5.97 Å². The smallest absolute Gasteiger partial charge is 0.317 e. The number of hydrogen-bond acceptors (Lipinski definition) is 2. The Bertz CT molecular complexity index is 621. The Morgan fingerprint density at radius 3 is 2.24 bits per heavy atom. The van der Waals surface area contributed by atoms with E-state index in [-0.39, 0.29) is 0 Å². The Balaban J connectivity index is 2.15. The van der Waals surface area contributed by atoms with E-state index in [0.717, 1.165) is 16.0 Å². The van der Waals surface area contributed by atoms with E-state index < -0.39 is 11.2 Å². The summed E-state index contributed by atoms with van der Waals surface area (Å²) in [7, 11) is 0. The minimum absolute atomic E-state index is 0.369. The molecule has 0 saturated carbocycles. The zero-order valence-corrected chi connectivity index (χ0v) is 13.7. The summed E-state index contributed by atoms with van der Waals surface area (Å²) in [6.45, 7) is 2.00. The van der Waals surface area contributed by atoms with Crippen molar-refractivity contribution in [2.24, 2.45) is 0 Å². The zero-order valence-electron chi connectivity index (χ0n) is 11.3. The van der Waals surface area contributed by atoms with Gasteiger partial charge in [-0.1, -0.05) is 40.9 Å². The molecule has 110 valence electrons. The molecule has 0 spiro atoms. The van der Waals surface area contributed by atoms with Crippen LogP contribution >= 0.6 is 35.0 Å². The third kappa shape index (κ3) is 4.95. The van der Waals surface area contributed by atoms with E-state index in [1.165, 1.54) is 11.8 Å². The standard InChI is InChI=1S/C16H14Cl2O2S/c1-10-2-4-14(5-3-10)21-15(16(19)20)8-11-6-12(17)9-13(18)7-11/h2-7,9,15H,8H2,1H3,(H,19,20). The molecule has 2 aromatic rings. The van der Waals surface area contributed by atoms with Crippen LogP contribution in [0.25, 0.3) is 0 Å². The summed E-state index contributed by atoms with van der Waals surface area (Å²) in [5.41, 5.74) is 1.97. The minimum Gasteiger partial charge on any atom is -0.480 e. The molecule has 1 atom stereocenters. The maximum absolute atomic E-state index is 11.5. The molecule has 0 aliphatic carbocycles. The summed E-state index contributed by atoms with van der Waals surface area (Å²) in [6, 6.07) is 12.9. The largest absolute Gasteiger partial charge is 0.480 e. The summed E-state index contributed by atoms with van der Waals surface area (Å²) in [5, 5.41) is 9.85. The molecule has 0 bridgehead atoms. The molecule has 0 aliphatic rings. The molecule has 2 nitrogen and oxygen atoms in total. The van der Waals surface area contributed by atoms with Crippen molar-refractivity contribution in [2.75, 3.05) is 0 Å². The fourth-order valence-corrected chi connectivity index (χ4v) is 3.47. The van der Waals surface area contributed by atoms with Crippen LogP contribution in [0.1, 0.15) is 11.1 Å². The molecule has 1 unspecified atom stereocenters. The van der Waals surface area contributed by atoms with Gasteiger partial charge in [0.1, 0.15) is 5.25 Å². The van der Waals surface area contributed by atoms with Crippen molar-refractivity contribution < 1.29 is 9.90 Å². The molecule has 1 N–H and O–H groups in total. The Hall–Kier alpha value is -1.16. The van der Waals surface area contributed by atoms with Crippen LogP contribution in [0.3, 0.4) is 0 Å². The highest BCUT2D eigenvalue weighted by Crippen LogP contribution is 2.28. The summed E-state index contributed by atoms with van der Waals surface area (Å²) < 4.78 is 0. The molecule has 21 heavy (non-hydrogen) atoms. The van der Waals surface area contributed by atoms with Crippen LogP contribution < -0.4 is 0 Å². The van der Waals surface area contributed by atoms with E-state index in [1.807, 2.05) is 31.2 Å². The van der Waals surface area contributed by atoms with E-state index in [4.69, 9.17) is 23.2 Å². The second-order valence-electron chi connectivity index (χ2n) is 4.74. The van der Waals surface area contributed by atoms with Gasteiger partial charge < -0.3 is 5.11 Å². The van der Waals surface area contributed by atoms with Crippen molar-refractivity contribution in [3.8, 4) is 0 Å². The minimum atomic E-state index is -0.850. The first-order chi connectivity index (χ1) is 9.94. The molecule has 0 heterocycles. The van der Waals surface area contributed by atoms with Crippen LogP contribution in [0.2, 0.25) is 10.0 Å². The number of halogens is 2. The van der Waals surface area contributed by atoms with Crippen LogP contribution in [-0.2, 0) is 11.2 Å². The monoisotopic (exact) mass is 340 g/mol. The topological polar surface area (TPSA) is 37.3 Å². The number of carbonyl (C=O) groups is 1. The van der Waals surface area contributed by atoms with Crippen molar-refractivity contribution in [3.05, 3.63) is 63.6 Å². The first kappa shape index (κ1) is 16.2. The van der Waals surface area contributed by atoms with Crippen LogP contribution in [0.5, 0.6) is 0 Å². The Morgan fingerprint density at radius 2 is 1.71 bits per heavy atom. The predicted octanol–water partition coefficient (Wildman–Crippen LogP) is 5.09. The number of rotatable bonds is 5. The van der Waals surface area contributed by atoms with Crippen molar-refractivity contribution >= 4 is 40.9 Å². The van der Waals surface area contributed by atoms with Crippen molar-refractivity contribution in [1.82, 2.24) is 0 Å². The lowest BCUT2D eigenvalue weighted by molar-refractivity contribution is -0.136. The number of carboxylic acid groups (broad SMARTS) is 1. The van der Waals surface area contributed by atoms with Gasteiger partial charge in [0, 0.05) is 14.9 Å². The molecule has 0 saturated heterocycles. The molecule has 0 aromatic heterocycles. The lowest BCUT2D eigenvalue weighted by atomic mass is 10.1. The molecule has 0 fully saturated rings. The van der Waals surface area contributed by atoms with Crippen LogP contribution in [0.15, 0.2) is 47.4 Å². The number of aliphatic carboxylic acids is 1. The molecular weight excluding hydrogens is 327 g/mol. The van der Waals surface area contributed by atoms with Gasteiger partial charge in [-0.15, -0.1) is 11.8 Å². The van der Waals surface area contributed by atoms with E-state index in [0.29, 0.717) is 16.5 Å². The van der Waals surface area contributed by atoms with Gasteiger partial charge in [-0.3, -0.25) is 4.79 Å². The highest BCUT2D eigenvalue weighted by Gasteiger charge is 2.20. The molecule has 0 amide bonds. The molecule has 0 aliphatic heterocycles. The average molecular weight is 341 g/mol. The van der Waals surface area contributed by atoms with Crippen LogP contribution in [-0.4, -0.2) is 16.3 Å². The van der Waals surface area contributed by atoms with E-state index in [2.05, 4.69) is 0 Å². The van der Waals surface area contributed by atoms with E-state index in [1.54, 1.807) is 18.2 Å². The highest BCUT2D eigenvalue weighted by molar-refractivity contribution is 8.00. The average Bonchev–Trinajstić information content (AvgIpc) is 2.39. The van der Waals surface area contributed by atoms with Gasteiger partial charge in [0.2, 0.25) is 0 Å². The summed E-state index contributed by atoms with van der Waals surface area (Å²) >= 11 is 13.2. The van der Waals surface area contributed by atoms with Crippen molar-refractivity contribution in [2.45, 2.75) is 23.5 Å². The van der Waals surface area contributed by atoms with Gasteiger partial charge in [0.15, 0.2) is 0 Å². The second-order valence-corrected chi connectivity index (χ2v) is 6.89. The molecule has 2 aromatic carbocycles. The highest BCUT2D eigenvalue weighted by atomic mass is 35.5. The number of thioether (sulfide) groups is 1. The number of benzene rings is 2. The van der Waals surface area contributed by atoms with Gasteiger partial charge in [-0.2, -0.15) is 0 Å². The number of aryl methyl sites for hydroxylation is 1. The number of carboxylic acids is 1. The fraction of sp³-hybridized carbons (Fsp3) is 0.188. The van der Waals surface area contributed by atoms with Gasteiger partial charge in [0.25, 0.3) is 0 Å². The summed E-state index contributed by atoms with van der Waals surface area (Å²) in [4.78, 5) is 12.4. The molecule has 5 heteroatoms. The maximum atomic E-state index is 11.5. The zero-order chi connectivity index (χ0) is 15.4. The first-order valence-corrected chi connectivity index (χ1v) is 7.98. The van der Waals surface area contributed by atoms with Crippen LogP contribution in [0.4, 0.5) is 0 Å². The number of hydrogen-bond donors (Lipinski definition) is 1. The summed E-state index contributed by atoms with van der Waals surface area (Å²) in [6.07, 6.45) is 0.369. The van der Waals surface area contributed by atoms with E-state index >= 15 is 0 Å². The summed E-state index contributed by atoms with van der Waals surface area (Å²) in [5.74, 6) is -0.850. The molecule has 0 radical (unpaired) electrons. The Morgan fingerprint density at radius 1 is 1.14 bits per heavy atom. The lowest BCUT2D eigenvalue weighted by Crippen LogP contribution is -2.19. The van der Waals surface area contributed by atoms with Gasteiger partial charge in [-0.05, 0) is 49.2 Å². The third-order valence-corrected chi connectivity index (χ3v) is 4.55. The van der Waals surface area contributed by atoms with Crippen LogP contribution in [0, 0.1) is 6.92 Å². The Kier molecular flexibility index (Phi) is 5.57.